The van der Waals surface area contributed by atoms with Gasteiger partial charge in [0.05, 0.1) is 0 Å². The van der Waals surface area contributed by atoms with Gasteiger partial charge in [-0.25, -0.2) is 0 Å². The quantitative estimate of drug-likeness (QED) is 0.622. The first-order valence-electron chi connectivity index (χ1n) is 4.49. The topological polar surface area (TPSA) is 60.7 Å². The second kappa shape index (κ2) is 3.53. The predicted octanol–water partition coefficient (Wildman–Crippen LogP) is 2.47. The Labute approximate surface area is 86.9 Å². The Balaban J connectivity index is 2.59. The van der Waals surface area contributed by atoms with Gasteiger partial charge in [-0.1, -0.05) is 24.3 Å². The molecule has 0 saturated carbocycles. The van der Waals surface area contributed by atoms with Crippen LogP contribution in [0.25, 0.3) is 11.1 Å². The smallest absolute Gasteiger partial charge is 0.165 e. The van der Waals surface area contributed by atoms with E-state index in [9.17, 15) is 15.3 Å². The number of para-hydroxylation sites is 1. The van der Waals surface area contributed by atoms with Crippen molar-refractivity contribution < 1.29 is 15.3 Å². The van der Waals surface area contributed by atoms with E-state index in [0.29, 0.717) is 11.1 Å². The third-order valence-corrected chi connectivity index (χ3v) is 2.17. The molecule has 0 spiro atoms. The van der Waals surface area contributed by atoms with Crippen LogP contribution in [-0.2, 0) is 0 Å². The van der Waals surface area contributed by atoms with Crippen molar-refractivity contribution in [1.82, 2.24) is 0 Å². The molecule has 0 heterocycles. The van der Waals surface area contributed by atoms with E-state index in [0.717, 1.165) is 0 Å². The van der Waals surface area contributed by atoms with E-state index in [1.807, 2.05) is 0 Å². The summed E-state index contributed by atoms with van der Waals surface area (Å²) in [7, 11) is 0. The van der Waals surface area contributed by atoms with Crippen molar-refractivity contribution in [3.05, 3.63) is 42.5 Å². The molecule has 0 aliphatic carbocycles. The fraction of sp³-hybridized carbons (Fsp3) is 0. The molecule has 0 radical (unpaired) electrons. The van der Waals surface area contributed by atoms with E-state index in [4.69, 9.17) is 0 Å². The summed E-state index contributed by atoms with van der Waals surface area (Å²) in [6.07, 6.45) is 0. The van der Waals surface area contributed by atoms with Crippen molar-refractivity contribution in [2.24, 2.45) is 0 Å². The first-order chi connectivity index (χ1) is 7.18. The molecule has 3 heteroatoms. The molecule has 2 rings (SSSR count). The summed E-state index contributed by atoms with van der Waals surface area (Å²) in [6.45, 7) is 0. The lowest BCUT2D eigenvalue weighted by atomic mass is 10.0. The second-order valence-corrected chi connectivity index (χ2v) is 3.22. The summed E-state index contributed by atoms with van der Waals surface area (Å²) in [5.41, 5.74) is 1.15. The molecular formula is C12H10O3. The average molecular weight is 202 g/mol. The van der Waals surface area contributed by atoms with Crippen molar-refractivity contribution >= 4 is 0 Å². The van der Waals surface area contributed by atoms with Crippen LogP contribution in [-0.4, -0.2) is 15.3 Å². The van der Waals surface area contributed by atoms with Crippen LogP contribution in [0, 0.1) is 0 Å². The first-order valence-corrected chi connectivity index (χ1v) is 4.49. The molecule has 3 N–H and O–H groups in total. The lowest BCUT2D eigenvalue weighted by Gasteiger charge is -2.06. The molecule has 0 aromatic heterocycles. The summed E-state index contributed by atoms with van der Waals surface area (Å²) >= 11 is 0. The lowest BCUT2D eigenvalue weighted by Crippen LogP contribution is -1.79. The zero-order valence-corrected chi connectivity index (χ0v) is 7.88. The summed E-state index contributed by atoms with van der Waals surface area (Å²) < 4.78 is 0. The lowest BCUT2D eigenvalue weighted by molar-refractivity contribution is 0.405. The molecule has 0 aliphatic heterocycles. The molecular weight excluding hydrogens is 192 g/mol. The van der Waals surface area contributed by atoms with Gasteiger partial charge < -0.3 is 15.3 Å². The Hall–Kier alpha value is -2.16. The molecule has 3 nitrogen and oxygen atoms in total. The van der Waals surface area contributed by atoms with E-state index in [1.54, 1.807) is 30.3 Å². The van der Waals surface area contributed by atoms with E-state index in [1.165, 1.54) is 12.1 Å². The Morgan fingerprint density at radius 1 is 0.800 bits per heavy atom. The minimum Gasteiger partial charge on any atom is -0.508 e. The average Bonchev–Trinajstić information content (AvgIpc) is 2.22. The maximum absolute atomic E-state index is 9.61. The zero-order chi connectivity index (χ0) is 10.8. The van der Waals surface area contributed by atoms with Crippen LogP contribution in [0.15, 0.2) is 42.5 Å². The molecule has 76 valence electrons. The van der Waals surface area contributed by atoms with Crippen LogP contribution in [0.1, 0.15) is 0 Å². The van der Waals surface area contributed by atoms with Crippen LogP contribution >= 0.6 is 0 Å². The SMILES string of the molecule is Oc1cccc(-c2cccc(O)c2O)c1. The molecule has 0 saturated heterocycles. The van der Waals surface area contributed by atoms with E-state index in [-0.39, 0.29) is 17.2 Å². The largest absolute Gasteiger partial charge is 0.508 e. The maximum atomic E-state index is 9.61. The van der Waals surface area contributed by atoms with E-state index >= 15 is 0 Å². The number of hydrogen-bond acceptors (Lipinski definition) is 3. The molecule has 0 atom stereocenters. The minimum absolute atomic E-state index is 0.121. The van der Waals surface area contributed by atoms with Crippen LogP contribution < -0.4 is 0 Å². The van der Waals surface area contributed by atoms with E-state index in [2.05, 4.69) is 0 Å². The maximum Gasteiger partial charge on any atom is 0.165 e. The summed E-state index contributed by atoms with van der Waals surface area (Å²) in [5, 5.41) is 28.2. The Morgan fingerprint density at radius 2 is 1.53 bits per heavy atom. The Morgan fingerprint density at radius 3 is 2.27 bits per heavy atom. The van der Waals surface area contributed by atoms with Crippen molar-refractivity contribution in [2.45, 2.75) is 0 Å². The van der Waals surface area contributed by atoms with Gasteiger partial charge in [-0.05, 0) is 23.8 Å². The van der Waals surface area contributed by atoms with Gasteiger partial charge in [0.15, 0.2) is 11.5 Å². The van der Waals surface area contributed by atoms with Crippen molar-refractivity contribution in [1.29, 1.82) is 0 Å². The third-order valence-electron chi connectivity index (χ3n) is 2.17. The van der Waals surface area contributed by atoms with Crippen molar-refractivity contribution in [2.75, 3.05) is 0 Å². The van der Waals surface area contributed by atoms with E-state index < -0.39 is 0 Å². The molecule has 15 heavy (non-hydrogen) atoms. The fourth-order valence-corrected chi connectivity index (χ4v) is 1.44. The van der Waals surface area contributed by atoms with Gasteiger partial charge in [0.25, 0.3) is 0 Å². The Kier molecular flexibility index (Phi) is 2.21. The second-order valence-electron chi connectivity index (χ2n) is 3.22. The third kappa shape index (κ3) is 1.72. The highest BCUT2D eigenvalue weighted by Gasteiger charge is 2.07. The summed E-state index contributed by atoms with van der Waals surface area (Å²) in [5.74, 6) is -0.228. The molecule has 0 aliphatic rings. The zero-order valence-electron chi connectivity index (χ0n) is 7.88. The predicted molar refractivity (Wildman–Crippen MR) is 56.9 cm³/mol. The number of benzene rings is 2. The number of phenolic OH excluding ortho intramolecular Hbond substituents is 3. The Bertz CT molecular complexity index is 492. The number of hydrogen-bond donors (Lipinski definition) is 3. The van der Waals surface area contributed by atoms with Crippen LogP contribution in [0.2, 0.25) is 0 Å². The standard InChI is InChI=1S/C12H10O3/c13-9-4-1-3-8(7-9)10-5-2-6-11(14)12(10)15/h1-7,13-15H. The van der Waals surface area contributed by atoms with Gasteiger partial charge in [-0.15, -0.1) is 0 Å². The van der Waals surface area contributed by atoms with Gasteiger partial charge in [0.2, 0.25) is 0 Å². The van der Waals surface area contributed by atoms with Crippen LogP contribution in [0.4, 0.5) is 0 Å². The normalized spacial score (nSPS) is 10.1. The highest BCUT2D eigenvalue weighted by molar-refractivity contribution is 5.73. The molecule has 0 amide bonds. The van der Waals surface area contributed by atoms with Gasteiger partial charge in [0, 0.05) is 5.56 Å². The fourth-order valence-electron chi connectivity index (χ4n) is 1.44. The highest BCUT2D eigenvalue weighted by atomic mass is 16.3. The van der Waals surface area contributed by atoms with Gasteiger partial charge >= 0.3 is 0 Å². The first kappa shape index (κ1) is 9.40. The van der Waals surface area contributed by atoms with Gasteiger partial charge in [0.1, 0.15) is 5.75 Å². The van der Waals surface area contributed by atoms with Crippen LogP contribution in [0.5, 0.6) is 17.2 Å². The van der Waals surface area contributed by atoms with Gasteiger partial charge in [-0.2, -0.15) is 0 Å². The van der Waals surface area contributed by atoms with Gasteiger partial charge in [-0.3, -0.25) is 0 Å². The molecule has 0 fully saturated rings. The minimum atomic E-state index is -0.178. The highest BCUT2D eigenvalue weighted by Crippen LogP contribution is 2.36. The monoisotopic (exact) mass is 202 g/mol. The molecule has 0 bridgehead atoms. The molecule has 0 unspecified atom stereocenters. The van der Waals surface area contributed by atoms with Crippen LogP contribution in [0.3, 0.4) is 0 Å². The molecule has 2 aromatic carbocycles. The summed E-state index contributed by atoms with van der Waals surface area (Å²) in [4.78, 5) is 0. The number of phenols is 3. The van der Waals surface area contributed by atoms with Crippen molar-refractivity contribution in [3.63, 3.8) is 0 Å². The molecule has 2 aromatic rings. The summed E-state index contributed by atoms with van der Waals surface area (Å²) in [6, 6.07) is 11.2. The number of aromatic hydroxyl groups is 3. The number of rotatable bonds is 1. The van der Waals surface area contributed by atoms with Crippen molar-refractivity contribution in [3.8, 4) is 28.4 Å².